The number of rotatable bonds is 41. The number of carbonyl (C=O) groups excluding carboxylic acids is 2. The molecule has 0 fully saturated rings. The standard InChI is InChI=1S/C46H86NO8P/c1-6-8-10-12-14-16-18-20-22-23-25-27-29-31-33-35-37-39-46(49)55-44(43-54-56(50,51)53-41-40-47(3,4)5)42-52-45(48)38-36-34-32-30-28-26-24-21-19-17-15-13-11-9-7-2/h17,19,25,27,31,33,44H,6-16,18,20-24,26,28-30,32,34-43H2,1-5H3/p+1/b19-17+,27-25+,33-31+/t44-/m1/s1. The van der Waals surface area contributed by atoms with Gasteiger partial charge < -0.3 is 18.9 Å². The number of phosphoric acid groups is 1. The van der Waals surface area contributed by atoms with E-state index in [1.165, 1.54) is 109 Å². The summed E-state index contributed by atoms with van der Waals surface area (Å²) in [5.74, 6) is -0.854. The van der Waals surface area contributed by atoms with E-state index < -0.39 is 26.5 Å². The van der Waals surface area contributed by atoms with Crippen molar-refractivity contribution in [2.24, 2.45) is 0 Å². The Hall–Kier alpha value is -1.77. The summed E-state index contributed by atoms with van der Waals surface area (Å²) >= 11 is 0. The first kappa shape index (κ1) is 54.2. The number of quaternary nitrogens is 1. The molecule has 0 aromatic carbocycles. The molecule has 0 radical (unpaired) electrons. The average molecular weight is 813 g/mol. The number of nitrogens with zero attached hydrogens (tertiary/aromatic N) is 1. The van der Waals surface area contributed by atoms with Crippen LogP contribution in [0.1, 0.15) is 194 Å². The van der Waals surface area contributed by atoms with Gasteiger partial charge in [0.1, 0.15) is 19.8 Å². The topological polar surface area (TPSA) is 108 Å². The first-order chi connectivity index (χ1) is 27.0. The van der Waals surface area contributed by atoms with Gasteiger partial charge in [-0.15, -0.1) is 0 Å². The Labute approximate surface area is 344 Å². The molecule has 1 unspecified atom stereocenters. The number of hydrogen-bond acceptors (Lipinski definition) is 7. The maximum Gasteiger partial charge on any atom is 0.472 e. The van der Waals surface area contributed by atoms with E-state index in [1.54, 1.807) is 0 Å². The van der Waals surface area contributed by atoms with Gasteiger partial charge in [-0.25, -0.2) is 4.57 Å². The molecule has 0 amide bonds. The van der Waals surface area contributed by atoms with Crippen LogP contribution in [0.5, 0.6) is 0 Å². The van der Waals surface area contributed by atoms with Crippen molar-refractivity contribution in [1.82, 2.24) is 0 Å². The highest BCUT2D eigenvalue weighted by molar-refractivity contribution is 7.47. The minimum absolute atomic E-state index is 0.0237. The molecule has 0 aliphatic carbocycles. The van der Waals surface area contributed by atoms with Crippen LogP contribution < -0.4 is 0 Å². The molecule has 0 spiro atoms. The highest BCUT2D eigenvalue weighted by Gasteiger charge is 2.27. The summed E-state index contributed by atoms with van der Waals surface area (Å²) in [5.41, 5.74) is 0. The van der Waals surface area contributed by atoms with Crippen LogP contribution in [-0.4, -0.2) is 74.9 Å². The molecule has 10 heteroatoms. The normalized spacial score (nSPS) is 13.9. The van der Waals surface area contributed by atoms with Crippen molar-refractivity contribution in [2.75, 3.05) is 47.5 Å². The lowest BCUT2D eigenvalue weighted by Gasteiger charge is -2.24. The highest BCUT2D eigenvalue weighted by atomic mass is 31.2. The summed E-state index contributed by atoms with van der Waals surface area (Å²) in [4.78, 5) is 35.3. The summed E-state index contributed by atoms with van der Waals surface area (Å²) in [6.45, 7) is 4.36. The van der Waals surface area contributed by atoms with E-state index >= 15 is 0 Å². The van der Waals surface area contributed by atoms with Crippen LogP contribution in [0.4, 0.5) is 0 Å². The van der Waals surface area contributed by atoms with Gasteiger partial charge in [-0.05, 0) is 64.2 Å². The fourth-order valence-electron chi connectivity index (χ4n) is 6.05. The minimum atomic E-state index is -4.39. The van der Waals surface area contributed by atoms with Crippen LogP contribution in [-0.2, 0) is 32.7 Å². The van der Waals surface area contributed by atoms with E-state index in [1.807, 2.05) is 21.1 Å². The van der Waals surface area contributed by atoms with Crippen LogP contribution >= 0.6 is 7.82 Å². The molecule has 0 heterocycles. The Morgan fingerprint density at radius 1 is 0.554 bits per heavy atom. The predicted octanol–water partition coefficient (Wildman–Crippen LogP) is 12.9. The minimum Gasteiger partial charge on any atom is -0.462 e. The van der Waals surface area contributed by atoms with Crippen LogP contribution in [0.3, 0.4) is 0 Å². The lowest BCUT2D eigenvalue weighted by atomic mass is 10.1. The molecule has 0 aliphatic heterocycles. The van der Waals surface area contributed by atoms with E-state index in [9.17, 15) is 19.0 Å². The SMILES string of the molecule is CCCCCC/C=C/CCCCCCCCCC(=O)OC[C@H](COP(=O)(O)OCC[N+](C)(C)C)OC(=O)CCC/C=C/C/C=C/CCCCCCCCCCC. The number of phosphoric ester groups is 1. The Morgan fingerprint density at radius 3 is 1.50 bits per heavy atom. The summed E-state index contributed by atoms with van der Waals surface area (Å²) in [6, 6.07) is 0. The zero-order valence-electron chi connectivity index (χ0n) is 36.9. The first-order valence-corrected chi connectivity index (χ1v) is 24.2. The van der Waals surface area contributed by atoms with Crippen LogP contribution in [0.15, 0.2) is 36.5 Å². The molecule has 0 rings (SSSR count). The largest absolute Gasteiger partial charge is 0.472 e. The van der Waals surface area contributed by atoms with Gasteiger partial charge in [0.2, 0.25) is 0 Å². The molecule has 56 heavy (non-hydrogen) atoms. The van der Waals surface area contributed by atoms with Crippen molar-refractivity contribution in [1.29, 1.82) is 0 Å². The number of ether oxygens (including phenoxy) is 2. The number of unbranched alkanes of at least 4 members (excludes halogenated alkanes) is 21. The van der Waals surface area contributed by atoms with Crippen LogP contribution in [0, 0.1) is 0 Å². The molecule has 2 atom stereocenters. The zero-order chi connectivity index (χ0) is 41.4. The third kappa shape index (κ3) is 41.9. The number of esters is 2. The van der Waals surface area contributed by atoms with E-state index in [0.717, 1.165) is 51.4 Å². The van der Waals surface area contributed by atoms with Crippen molar-refractivity contribution in [3.63, 3.8) is 0 Å². The number of allylic oxidation sites excluding steroid dienone is 6. The lowest BCUT2D eigenvalue weighted by Crippen LogP contribution is -2.37. The molecule has 1 N–H and O–H groups in total. The van der Waals surface area contributed by atoms with Gasteiger partial charge in [0.25, 0.3) is 0 Å². The molecule has 9 nitrogen and oxygen atoms in total. The van der Waals surface area contributed by atoms with E-state index in [-0.39, 0.29) is 32.0 Å². The second kappa shape index (κ2) is 38.7. The van der Waals surface area contributed by atoms with Gasteiger partial charge >= 0.3 is 19.8 Å². The van der Waals surface area contributed by atoms with Crippen molar-refractivity contribution in [3.8, 4) is 0 Å². The molecule has 0 bridgehead atoms. The zero-order valence-corrected chi connectivity index (χ0v) is 37.8. The van der Waals surface area contributed by atoms with E-state index in [0.29, 0.717) is 17.4 Å². The molecular formula is C46H87NO8P+. The fraction of sp³-hybridized carbons (Fsp3) is 0.826. The van der Waals surface area contributed by atoms with Crippen molar-refractivity contribution >= 4 is 19.8 Å². The van der Waals surface area contributed by atoms with Crippen molar-refractivity contribution in [3.05, 3.63) is 36.5 Å². The molecular weight excluding hydrogens is 725 g/mol. The van der Waals surface area contributed by atoms with Crippen LogP contribution in [0.2, 0.25) is 0 Å². The second-order valence-electron chi connectivity index (χ2n) is 16.4. The summed E-state index contributed by atoms with van der Waals surface area (Å²) in [5, 5.41) is 0. The highest BCUT2D eigenvalue weighted by Crippen LogP contribution is 2.43. The Balaban J connectivity index is 4.41. The molecule has 0 saturated carbocycles. The van der Waals surface area contributed by atoms with Gasteiger partial charge in [0.05, 0.1) is 27.7 Å². The quantitative estimate of drug-likeness (QED) is 0.0214. The maximum absolute atomic E-state index is 12.7. The Morgan fingerprint density at radius 2 is 0.982 bits per heavy atom. The third-order valence-corrected chi connectivity index (χ3v) is 10.6. The van der Waals surface area contributed by atoms with Gasteiger partial charge in [-0.2, -0.15) is 0 Å². The van der Waals surface area contributed by atoms with Gasteiger partial charge in [-0.1, -0.05) is 153 Å². The van der Waals surface area contributed by atoms with Gasteiger partial charge in [0, 0.05) is 12.8 Å². The number of carbonyl (C=O) groups is 2. The Bertz CT molecular complexity index is 1050. The molecule has 0 aromatic heterocycles. The second-order valence-corrected chi connectivity index (χ2v) is 17.9. The van der Waals surface area contributed by atoms with Crippen molar-refractivity contribution < 1.29 is 42.1 Å². The first-order valence-electron chi connectivity index (χ1n) is 22.7. The third-order valence-electron chi connectivity index (χ3n) is 9.64. The van der Waals surface area contributed by atoms with Gasteiger partial charge in [0.15, 0.2) is 6.10 Å². The fourth-order valence-corrected chi connectivity index (χ4v) is 6.79. The molecule has 0 aromatic rings. The molecule has 0 saturated heterocycles. The smallest absolute Gasteiger partial charge is 0.462 e. The predicted molar refractivity (Wildman–Crippen MR) is 234 cm³/mol. The summed E-state index contributed by atoms with van der Waals surface area (Å²) in [7, 11) is 1.45. The number of hydrogen-bond donors (Lipinski definition) is 1. The maximum atomic E-state index is 12.7. The molecule has 0 aliphatic rings. The average Bonchev–Trinajstić information content (AvgIpc) is 3.15. The lowest BCUT2D eigenvalue weighted by molar-refractivity contribution is -0.870. The Kier molecular flexibility index (Phi) is 37.5. The van der Waals surface area contributed by atoms with Gasteiger partial charge in [-0.3, -0.25) is 18.6 Å². The van der Waals surface area contributed by atoms with Crippen molar-refractivity contribution in [2.45, 2.75) is 200 Å². The van der Waals surface area contributed by atoms with E-state index in [2.05, 4.69) is 50.3 Å². The van der Waals surface area contributed by atoms with E-state index in [4.69, 9.17) is 18.5 Å². The van der Waals surface area contributed by atoms with Crippen LogP contribution in [0.25, 0.3) is 0 Å². The monoisotopic (exact) mass is 813 g/mol. The summed E-state index contributed by atoms with van der Waals surface area (Å²) < 4.78 is 34.3. The number of likely N-dealkylation sites (N-methyl/N-ethyl adjacent to an activating group) is 1. The molecule has 328 valence electrons. The summed E-state index contributed by atoms with van der Waals surface area (Å²) in [6.07, 6.45) is 43.4.